The SMILES string of the molecule is Cc1nc2ccc(C(=O)OC(C)C(N)=O)cc2nc1C. The van der Waals surface area contributed by atoms with Gasteiger partial charge in [0, 0.05) is 0 Å². The molecule has 6 nitrogen and oxygen atoms in total. The highest BCUT2D eigenvalue weighted by Crippen LogP contribution is 2.15. The third kappa shape index (κ3) is 2.74. The van der Waals surface area contributed by atoms with Crippen LogP contribution in [0.2, 0.25) is 0 Å². The summed E-state index contributed by atoms with van der Waals surface area (Å²) < 4.78 is 4.94. The van der Waals surface area contributed by atoms with Gasteiger partial charge in [0.25, 0.3) is 5.91 Å². The van der Waals surface area contributed by atoms with Crippen LogP contribution in [0.15, 0.2) is 18.2 Å². The van der Waals surface area contributed by atoms with Crippen LogP contribution in [-0.4, -0.2) is 27.9 Å². The number of aromatic nitrogens is 2. The second kappa shape index (κ2) is 5.24. The number of aryl methyl sites for hydroxylation is 2. The number of primary amides is 1. The molecule has 2 N–H and O–H groups in total. The number of benzene rings is 1. The zero-order valence-corrected chi connectivity index (χ0v) is 11.5. The van der Waals surface area contributed by atoms with E-state index in [2.05, 4.69) is 9.97 Å². The quantitative estimate of drug-likeness (QED) is 0.850. The molecule has 1 aromatic heterocycles. The summed E-state index contributed by atoms with van der Waals surface area (Å²) in [5.41, 5.74) is 8.31. The van der Waals surface area contributed by atoms with Crippen LogP contribution in [0.1, 0.15) is 28.7 Å². The van der Waals surface area contributed by atoms with E-state index in [0.29, 0.717) is 16.6 Å². The van der Waals surface area contributed by atoms with Crippen molar-refractivity contribution in [3.63, 3.8) is 0 Å². The number of hydrogen-bond donors (Lipinski definition) is 1. The van der Waals surface area contributed by atoms with Crippen LogP contribution in [0.3, 0.4) is 0 Å². The minimum Gasteiger partial charge on any atom is -0.449 e. The van der Waals surface area contributed by atoms with Gasteiger partial charge in [0.1, 0.15) is 0 Å². The summed E-state index contributed by atoms with van der Waals surface area (Å²) in [4.78, 5) is 31.5. The first kappa shape index (κ1) is 13.9. The number of carbonyl (C=O) groups is 2. The van der Waals surface area contributed by atoms with E-state index in [4.69, 9.17) is 10.5 Å². The molecule has 1 amide bonds. The normalized spacial score (nSPS) is 12.2. The van der Waals surface area contributed by atoms with Crippen molar-refractivity contribution in [1.82, 2.24) is 9.97 Å². The molecule has 0 spiro atoms. The lowest BCUT2D eigenvalue weighted by atomic mass is 10.2. The van der Waals surface area contributed by atoms with Crippen molar-refractivity contribution >= 4 is 22.9 Å². The Morgan fingerprint density at radius 2 is 1.75 bits per heavy atom. The van der Waals surface area contributed by atoms with Crippen molar-refractivity contribution in [3.8, 4) is 0 Å². The number of hydrogen-bond acceptors (Lipinski definition) is 5. The Balaban J connectivity index is 2.34. The number of nitrogens with zero attached hydrogens (tertiary/aromatic N) is 2. The molecule has 0 fully saturated rings. The Kier molecular flexibility index (Phi) is 3.65. The number of fused-ring (bicyclic) bond motifs is 1. The van der Waals surface area contributed by atoms with Crippen LogP contribution >= 0.6 is 0 Å². The minimum atomic E-state index is -0.968. The zero-order valence-electron chi connectivity index (χ0n) is 11.5. The maximum Gasteiger partial charge on any atom is 0.338 e. The van der Waals surface area contributed by atoms with E-state index in [-0.39, 0.29) is 0 Å². The third-order valence-corrected chi connectivity index (χ3v) is 3.00. The molecule has 104 valence electrons. The smallest absolute Gasteiger partial charge is 0.338 e. The molecule has 0 bridgehead atoms. The largest absolute Gasteiger partial charge is 0.449 e. The van der Waals surface area contributed by atoms with Crippen molar-refractivity contribution < 1.29 is 14.3 Å². The van der Waals surface area contributed by atoms with Gasteiger partial charge >= 0.3 is 5.97 Å². The van der Waals surface area contributed by atoms with Crippen molar-refractivity contribution in [1.29, 1.82) is 0 Å². The van der Waals surface area contributed by atoms with E-state index in [9.17, 15) is 9.59 Å². The summed E-state index contributed by atoms with van der Waals surface area (Å²) in [5, 5.41) is 0. The highest BCUT2D eigenvalue weighted by molar-refractivity contribution is 5.95. The average molecular weight is 273 g/mol. The number of rotatable bonds is 3. The molecule has 1 unspecified atom stereocenters. The van der Waals surface area contributed by atoms with Gasteiger partial charge in [0.05, 0.1) is 28.0 Å². The van der Waals surface area contributed by atoms with Crippen LogP contribution in [0.5, 0.6) is 0 Å². The molecule has 0 saturated carbocycles. The number of esters is 1. The lowest BCUT2D eigenvalue weighted by Crippen LogP contribution is -2.30. The van der Waals surface area contributed by atoms with Crippen LogP contribution in [0, 0.1) is 13.8 Å². The average Bonchev–Trinajstić information content (AvgIpc) is 2.39. The molecule has 6 heteroatoms. The predicted molar refractivity (Wildman–Crippen MR) is 73.1 cm³/mol. The molecule has 20 heavy (non-hydrogen) atoms. The van der Waals surface area contributed by atoms with Gasteiger partial charge in [-0.15, -0.1) is 0 Å². The van der Waals surface area contributed by atoms with Crippen molar-refractivity contribution in [2.24, 2.45) is 5.73 Å². The predicted octanol–water partition coefficient (Wildman–Crippen LogP) is 1.28. The van der Waals surface area contributed by atoms with Gasteiger partial charge in [0.2, 0.25) is 0 Å². The van der Waals surface area contributed by atoms with E-state index in [1.165, 1.54) is 6.92 Å². The standard InChI is InChI=1S/C14H15N3O3/c1-7-8(2)17-12-6-10(4-5-11(12)16-7)14(19)20-9(3)13(15)18/h4-6,9H,1-3H3,(H2,15,18). The van der Waals surface area contributed by atoms with Gasteiger partial charge in [-0.3, -0.25) is 4.79 Å². The maximum atomic E-state index is 11.9. The molecule has 1 atom stereocenters. The Labute approximate surface area is 116 Å². The van der Waals surface area contributed by atoms with E-state index < -0.39 is 18.0 Å². The fourth-order valence-electron chi connectivity index (χ4n) is 1.64. The van der Waals surface area contributed by atoms with Gasteiger partial charge in [-0.25, -0.2) is 14.8 Å². The molecule has 2 aromatic rings. The number of nitrogens with two attached hydrogens (primary N) is 1. The first-order chi connectivity index (χ1) is 9.38. The fraction of sp³-hybridized carbons (Fsp3) is 0.286. The first-order valence-electron chi connectivity index (χ1n) is 6.14. The summed E-state index contributed by atoms with van der Waals surface area (Å²) >= 11 is 0. The van der Waals surface area contributed by atoms with Gasteiger partial charge in [-0.2, -0.15) is 0 Å². The maximum absolute atomic E-state index is 11.9. The highest BCUT2D eigenvalue weighted by atomic mass is 16.5. The monoisotopic (exact) mass is 273 g/mol. The Hall–Kier alpha value is -2.50. The Bertz CT molecular complexity index is 697. The summed E-state index contributed by atoms with van der Waals surface area (Å²) in [6.07, 6.45) is -0.968. The summed E-state index contributed by atoms with van der Waals surface area (Å²) in [5.74, 6) is -1.30. The number of carbonyl (C=O) groups excluding carboxylic acids is 2. The van der Waals surface area contributed by atoms with Crippen LogP contribution < -0.4 is 5.73 Å². The van der Waals surface area contributed by atoms with Gasteiger partial charge in [-0.05, 0) is 39.0 Å². The lowest BCUT2D eigenvalue weighted by molar-refractivity contribution is -0.125. The molecule has 1 aromatic carbocycles. The fourth-order valence-corrected chi connectivity index (χ4v) is 1.64. The van der Waals surface area contributed by atoms with Gasteiger partial charge in [0.15, 0.2) is 6.10 Å². The van der Waals surface area contributed by atoms with E-state index in [1.54, 1.807) is 18.2 Å². The van der Waals surface area contributed by atoms with Gasteiger partial charge in [-0.1, -0.05) is 0 Å². The molecule has 0 saturated heterocycles. The molecule has 0 radical (unpaired) electrons. The molecular weight excluding hydrogens is 258 g/mol. The zero-order chi connectivity index (χ0) is 14.9. The van der Waals surface area contributed by atoms with E-state index >= 15 is 0 Å². The van der Waals surface area contributed by atoms with Crippen molar-refractivity contribution in [3.05, 3.63) is 35.2 Å². The number of ether oxygens (including phenoxy) is 1. The summed E-state index contributed by atoms with van der Waals surface area (Å²) in [6, 6.07) is 4.87. The van der Waals surface area contributed by atoms with Crippen LogP contribution in [-0.2, 0) is 9.53 Å². The molecule has 0 aliphatic heterocycles. The van der Waals surface area contributed by atoms with Crippen molar-refractivity contribution in [2.45, 2.75) is 26.9 Å². The summed E-state index contributed by atoms with van der Waals surface area (Å²) in [6.45, 7) is 5.15. The second-order valence-corrected chi connectivity index (χ2v) is 4.55. The van der Waals surface area contributed by atoms with E-state index in [1.807, 2.05) is 13.8 Å². The topological polar surface area (TPSA) is 95.2 Å². The number of amides is 1. The Morgan fingerprint density at radius 3 is 2.35 bits per heavy atom. The van der Waals surface area contributed by atoms with Crippen LogP contribution in [0.25, 0.3) is 11.0 Å². The van der Waals surface area contributed by atoms with Gasteiger partial charge < -0.3 is 10.5 Å². The highest BCUT2D eigenvalue weighted by Gasteiger charge is 2.16. The molecule has 0 aliphatic rings. The summed E-state index contributed by atoms with van der Waals surface area (Å²) in [7, 11) is 0. The molecule has 2 rings (SSSR count). The Morgan fingerprint density at radius 1 is 1.15 bits per heavy atom. The van der Waals surface area contributed by atoms with Crippen LogP contribution in [0.4, 0.5) is 0 Å². The third-order valence-electron chi connectivity index (χ3n) is 3.00. The lowest BCUT2D eigenvalue weighted by Gasteiger charge is -2.10. The first-order valence-corrected chi connectivity index (χ1v) is 6.14. The van der Waals surface area contributed by atoms with E-state index in [0.717, 1.165) is 11.4 Å². The minimum absolute atomic E-state index is 0.308. The molecular formula is C14H15N3O3. The second-order valence-electron chi connectivity index (χ2n) is 4.55. The molecule has 1 heterocycles. The van der Waals surface area contributed by atoms with Crippen molar-refractivity contribution in [2.75, 3.05) is 0 Å². The molecule has 0 aliphatic carbocycles.